The lowest BCUT2D eigenvalue weighted by Gasteiger charge is -2.33. The number of hydrogen-bond donors (Lipinski definition) is 1. The second-order valence-corrected chi connectivity index (χ2v) is 4.33. The largest absolute Gasteiger partial charge is 0.384 e. The molecule has 2 unspecified atom stereocenters. The number of nitrogens with two attached hydrogens (primary N) is 1. The van der Waals surface area contributed by atoms with Gasteiger partial charge >= 0.3 is 0 Å². The first-order chi connectivity index (χ1) is 8.10. The number of likely N-dealkylation sites (N-methyl/N-ethyl adjacent to an activating group) is 1. The standard InChI is InChI=1S/C13H21FN2O/c1-10(9-17-3)13(8-15)16(2)12-6-4-5-11(14)7-12/h4-7,10,13H,8-9,15H2,1-3H3. The maximum atomic E-state index is 13.2. The molecule has 1 rings (SSSR count). The molecule has 96 valence electrons. The Kier molecular flexibility index (Phi) is 5.38. The summed E-state index contributed by atoms with van der Waals surface area (Å²) < 4.78 is 18.3. The molecule has 0 saturated carbocycles. The van der Waals surface area contributed by atoms with E-state index in [0.29, 0.717) is 19.1 Å². The first kappa shape index (κ1) is 13.9. The summed E-state index contributed by atoms with van der Waals surface area (Å²) in [6.45, 7) is 3.23. The van der Waals surface area contributed by atoms with Gasteiger partial charge in [0.25, 0.3) is 0 Å². The molecule has 1 aromatic carbocycles. The molecule has 1 aromatic rings. The zero-order valence-corrected chi connectivity index (χ0v) is 10.7. The van der Waals surface area contributed by atoms with Crippen molar-refractivity contribution in [3.63, 3.8) is 0 Å². The highest BCUT2D eigenvalue weighted by Gasteiger charge is 2.20. The summed E-state index contributed by atoms with van der Waals surface area (Å²) in [5.41, 5.74) is 6.63. The fourth-order valence-electron chi connectivity index (χ4n) is 2.03. The Morgan fingerprint density at radius 2 is 2.18 bits per heavy atom. The van der Waals surface area contributed by atoms with E-state index in [-0.39, 0.29) is 11.9 Å². The van der Waals surface area contributed by atoms with Crippen molar-refractivity contribution in [1.82, 2.24) is 0 Å². The molecule has 17 heavy (non-hydrogen) atoms. The highest BCUT2D eigenvalue weighted by Crippen LogP contribution is 2.20. The third-order valence-electron chi connectivity index (χ3n) is 3.04. The lowest BCUT2D eigenvalue weighted by molar-refractivity contribution is 0.147. The van der Waals surface area contributed by atoms with Crippen molar-refractivity contribution in [2.75, 3.05) is 32.2 Å². The third kappa shape index (κ3) is 3.68. The number of nitrogens with zero attached hydrogens (tertiary/aromatic N) is 1. The van der Waals surface area contributed by atoms with Crippen LogP contribution in [0.3, 0.4) is 0 Å². The Bertz CT molecular complexity index is 346. The van der Waals surface area contributed by atoms with Gasteiger partial charge in [-0.3, -0.25) is 0 Å². The normalized spacial score (nSPS) is 14.4. The number of hydrogen-bond acceptors (Lipinski definition) is 3. The first-order valence-electron chi connectivity index (χ1n) is 5.77. The molecule has 2 atom stereocenters. The van der Waals surface area contributed by atoms with Crippen LogP contribution in [0.5, 0.6) is 0 Å². The van der Waals surface area contributed by atoms with Crippen LogP contribution in [0.4, 0.5) is 10.1 Å². The highest BCUT2D eigenvalue weighted by atomic mass is 19.1. The molecular weight excluding hydrogens is 219 g/mol. The Hall–Kier alpha value is -1.13. The van der Waals surface area contributed by atoms with Gasteiger partial charge in [0, 0.05) is 38.3 Å². The van der Waals surface area contributed by atoms with Crippen molar-refractivity contribution in [2.45, 2.75) is 13.0 Å². The van der Waals surface area contributed by atoms with Gasteiger partial charge in [0.15, 0.2) is 0 Å². The van der Waals surface area contributed by atoms with Crippen LogP contribution in [-0.2, 0) is 4.74 Å². The van der Waals surface area contributed by atoms with Crippen molar-refractivity contribution in [1.29, 1.82) is 0 Å². The quantitative estimate of drug-likeness (QED) is 0.825. The smallest absolute Gasteiger partial charge is 0.125 e. The minimum absolute atomic E-state index is 0.136. The van der Waals surface area contributed by atoms with Crippen LogP contribution >= 0.6 is 0 Å². The molecule has 0 bridgehead atoms. The zero-order valence-electron chi connectivity index (χ0n) is 10.7. The van der Waals surface area contributed by atoms with Gasteiger partial charge in [-0.25, -0.2) is 4.39 Å². The zero-order chi connectivity index (χ0) is 12.8. The van der Waals surface area contributed by atoms with E-state index >= 15 is 0 Å². The van der Waals surface area contributed by atoms with E-state index in [2.05, 4.69) is 6.92 Å². The van der Waals surface area contributed by atoms with Crippen LogP contribution < -0.4 is 10.6 Å². The van der Waals surface area contributed by atoms with Gasteiger partial charge < -0.3 is 15.4 Å². The molecule has 0 heterocycles. The molecule has 0 aliphatic heterocycles. The molecule has 4 heteroatoms. The molecule has 0 aliphatic carbocycles. The fraction of sp³-hybridized carbons (Fsp3) is 0.538. The Morgan fingerprint density at radius 1 is 1.47 bits per heavy atom. The number of rotatable bonds is 6. The monoisotopic (exact) mass is 240 g/mol. The first-order valence-corrected chi connectivity index (χ1v) is 5.77. The van der Waals surface area contributed by atoms with Crippen LogP contribution in [0.15, 0.2) is 24.3 Å². The van der Waals surface area contributed by atoms with Gasteiger partial charge in [0.2, 0.25) is 0 Å². The molecule has 0 aromatic heterocycles. The highest BCUT2D eigenvalue weighted by molar-refractivity contribution is 5.46. The molecule has 0 aliphatic rings. The van der Waals surface area contributed by atoms with Crippen molar-refractivity contribution < 1.29 is 9.13 Å². The molecule has 0 radical (unpaired) electrons. The summed E-state index contributed by atoms with van der Waals surface area (Å²) in [6.07, 6.45) is 0. The molecule has 0 saturated heterocycles. The fourth-order valence-corrected chi connectivity index (χ4v) is 2.03. The number of benzene rings is 1. The van der Waals surface area contributed by atoms with Crippen LogP contribution in [0.25, 0.3) is 0 Å². The van der Waals surface area contributed by atoms with Crippen molar-refractivity contribution in [3.05, 3.63) is 30.1 Å². The van der Waals surface area contributed by atoms with E-state index in [1.165, 1.54) is 12.1 Å². The second-order valence-electron chi connectivity index (χ2n) is 4.33. The summed E-state index contributed by atoms with van der Waals surface area (Å²) in [6, 6.07) is 6.67. The molecular formula is C13H21FN2O. The number of halogens is 1. The van der Waals surface area contributed by atoms with Gasteiger partial charge in [-0.1, -0.05) is 13.0 Å². The summed E-state index contributed by atoms with van der Waals surface area (Å²) in [7, 11) is 3.60. The average Bonchev–Trinajstić information content (AvgIpc) is 2.30. The van der Waals surface area contributed by atoms with Gasteiger partial charge in [-0.05, 0) is 18.2 Å². The maximum Gasteiger partial charge on any atom is 0.125 e. The summed E-state index contributed by atoms with van der Waals surface area (Å²) in [4.78, 5) is 2.01. The van der Waals surface area contributed by atoms with Gasteiger partial charge in [0.05, 0.1) is 6.61 Å². The Labute approximate surface area is 102 Å². The number of ether oxygens (including phenoxy) is 1. The second kappa shape index (κ2) is 6.57. The van der Waals surface area contributed by atoms with E-state index in [4.69, 9.17) is 10.5 Å². The lowest BCUT2D eigenvalue weighted by Crippen LogP contribution is -2.44. The van der Waals surface area contributed by atoms with E-state index in [1.54, 1.807) is 13.2 Å². The molecule has 0 fully saturated rings. The Morgan fingerprint density at radius 3 is 2.71 bits per heavy atom. The van der Waals surface area contributed by atoms with E-state index < -0.39 is 0 Å². The minimum atomic E-state index is -0.232. The SMILES string of the molecule is COCC(C)C(CN)N(C)c1cccc(F)c1. The topological polar surface area (TPSA) is 38.5 Å². The predicted molar refractivity (Wildman–Crippen MR) is 68.7 cm³/mol. The minimum Gasteiger partial charge on any atom is -0.384 e. The summed E-state index contributed by atoms with van der Waals surface area (Å²) in [5.74, 6) is 0.0581. The van der Waals surface area contributed by atoms with Crippen molar-refractivity contribution >= 4 is 5.69 Å². The van der Waals surface area contributed by atoms with Gasteiger partial charge in [0.1, 0.15) is 5.82 Å². The van der Waals surface area contributed by atoms with Gasteiger partial charge in [-0.15, -0.1) is 0 Å². The number of methoxy groups -OCH3 is 1. The Balaban J connectivity index is 2.81. The maximum absolute atomic E-state index is 13.2. The predicted octanol–water partition coefficient (Wildman–Crippen LogP) is 1.87. The van der Waals surface area contributed by atoms with E-state index in [9.17, 15) is 4.39 Å². The average molecular weight is 240 g/mol. The number of anilines is 1. The lowest BCUT2D eigenvalue weighted by atomic mass is 10.0. The summed E-state index contributed by atoms with van der Waals surface area (Å²) >= 11 is 0. The van der Waals surface area contributed by atoms with Crippen molar-refractivity contribution in [2.24, 2.45) is 11.7 Å². The molecule has 0 spiro atoms. The van der Waals surface area contributed by atoms with Crippen LogP contribution in [0.1, 0.15) is 6.92 Å². The van der Waals surface area contributed by atoms with Crippen LogP contribution in [-0.4, -0.2) is 33.4 Å². The molecule has 2 N–H and O–H groups in total. The summed E-state index contributed by atoms with van der Waals surface area (Å²) in [5, 5.41) is 0. The van der Waals surface area contributed by atoms with Crippen LogP contribution in [0.2, 0.25) is 0 Å². The van der Waals surface area contributed by atoms with Crippen LogP contribution in [0, 0.1) is 11.7 Å². The molecule has 0 amide bonds. The third-order valence-corrected chi connectivity index (χ3v) is 3.04. The van der Waals surface area contributed by atoms with E-state index in [1.807, 2.05) is 18.0 Å². The van der Waals surface area contributed by atoms with Gasteiger partial charge in [-0.2, -0.15) is 0 Å². The molecule has 3 nitrogen and oxygen atoms in total. The van der Waals surface area contributed by atoms with Crippen molar-refractivity contribution in [3.8, 4) is 0 Å². The van der Waals surface area contributed by atoms with E-state index in [0.717, 1.165) is 5.69 Å².